The molecule has 0 radical (unpaired) electrons. The van der Waals surface area contributed by atoms with Crippen LogP contribution in [0.15, 0.2) is 54.6 Å². The molecule has 0 spiro atoms. The van der Waals surface area contributed by atoms with Gasteiger partial charge in [-0.25, -0.2) is 4.79 Å². The van der Waals surface area contributed by atoms with E-state index in [0.717, 1.165) is 17.1 Å². The highest BCUT2D eigenvalue weighted by molar-refractivity contribution is 5.92. The molecule has 1 aliphatic heterocycles. The second-order valence-corrected chi connectivity index (χ2v) is 6.56. The summed E-state index contributed by atoms with van der Waals surface area (Å²) >= 11 is 0. The molecule has 1 heterocycles. The first kappa shape index (κ1) is 19.7. The van der Waals surface area contributed by atoms with Crippen molar-refractivity contribution in [3.63, 3.8) is 0 Å². The number of hydrogen-bond acceptors (Lipinski definition) is 4. The summed E-state index contributed by atoms with van der Waals surface area (Å²) in [6.07, 6.45) is 0. The summed E-state index contributed by atoms with van der Waals surface area (Å²) in [4.78, 5) is 28.4. The van der Waals surface area contributed by atoms with Gasteiger partial charge >= 0.3 is 6.03 Å². The minimum absolute atomic E-state index is 0.0431. The predicted molar refractivity (Wildman–Crippen MR) is 110 cm³/mol. The number of para-hydroxylation sites is 1. The molecule has 2 N–H and O–H groups in total. The molecule has 3 rings (SSSR count). The van der Waals surface area contributed by atoms with Gasteiger partial charge in [0, 0.05) is 37.6 Å². The summed E-state index contributed by atoms with van der Waals surface area (Å²) in [5.74, 6) is 0.737. The van der Waals surface area contributed by atoms with Crippen LogP contribution in [0.2, 0.25) is 0 Å². The number of nitrogens with one attached hydrogen (secondary N) is 2. The standard InChI is InChI=1S/C21H26N4O3/c1-2-28-19-10-8-18(9-11-19)23-21(27)25-14-12-24(13-15-25)16-20(26)22-17-6-4-3-5-7-17/h3-11H,2,12-16H2,1H3,(H,22,26)(H,23,27). The van der Waals surface area contributed by atoms with Crippen molar-refractivity contribution in [1.82, 2.24) is 9.80 Å². The minimum Gasteiger partial charge on any atom is -0.494 e. The minimum atomic E-state index is -0.127. The number of carbonyl (C=O) groups excluding carboxylic acids is 2. The van der Waals surface area contributed by atoms with Crippen LogP contribution in [0.25, 0.3) is 0 Å². The molecule has 1 aliphatic rings. The average Bonchev–Trinajstić information content (AvgIpc) is 2.71. The number of nitrogens with zero attached hydrogens (tertiary/aromatic N) is 2. The van der Waals surface area contributed by atoms with E-state index in [9.17, 15) is 9.59 Å². The van der Waals surface area contributed by atoms with E-state index < -0.39 is 0 Å². The molecule has 0 atom stereocenters. The summed E-state index contributed by atoms with van der Waals surface area (Å²) in [6.45, 7) is 5.37. The first-order valence-corrected chi connectivity index (χ1v) is 9.50. The van der Waals surface area contributed by atoms with E-state index in [0.29, 0.717) is 39.3 Å². The van der Waals surface area contributed by atoms with E-state index in [1.165, 1.54) is 0 Å². The first-order chi connectivity index (χ1) is 13.6. The van der Waals surface area contributed by atoms with Crippen LogP contribution in [0.3, 0.4) is 0 Å². The van der Waals surface area contributed by atoms with Gasteiger partial charge in [-0.2, -0.15) is 0 Å². The van der Waals surface area contributed by atoms with E-state index in [1.807, 2.05) is 61.5 Å². The van der Waals surface area contributed by atoms with Crippen molar-refractivity contribution in [1.29, 1.82) is 0 Å². The molecule has 3 amide bonds. The Labute approximate surface area is 165 Å². The van der Waals surface area contributed by atoms with Crippen LogP contribution >= 0.6 is 0 Å². The average molecular weight is 382 g/mol. The molecule has 0 aliphatic carbocycles. The van der Waals surface area contributed by atoms with Gasteiger partial charge in [-0.15, -0.1) is 0 Å². The monoisotopic (exact) mass is 382 g/mol. The van der Waals surface area contributed by atoms with Gasteiger partial charge in [0.15, 0.2) is 0 Å². The second-order valence-electron chi connectivity index (χ2n) is 6.56. The lowest BCUT2D eigenvalue weighted by Gasteiger charge is -2.34. The number of carbonyl (C=O) groups is 2. The fourth-order valence-corrected chi connectivity index (χ4v) is 3.04. The van der Waals surface area contributed by atoms with Crippen LogP contribution < -0.4 is 15.4 Å². The molecule has 0 bridgehead atoms. The number of anilines is 2. The van der Waals surface area contributed by atoms with Crippen molar-refractivity contribution >= 4 is 23.3 Å². The summed E-state index contributed by atoms with van der Waals surface area (Å²) in [7, 11) is 0. The molecule has 1 saturated heterocycles. The van der Waals surface area contributed by atoms with Gasteiger partial charge in [0.05, 0.1) is 13.2 Å². The summed E-state index contributed by atoms with van der Waals surface area (Å²) in [5.41, 5.74) is 1.53. The van der Waals surface area contributed by atoms with Gasteiger partial charge in [-0.05, 0) is 43.3 Å². The van der Waals surface area contributed by atoms with Crippen LogP contribution in [-0.4, -0.2) is 61.1 Å². The van der Waals surface area contributed by atoms with Crippen LogP contribution in [-0.2, 0) is 4.79 Å². The molecule has 148 valence electrons. The maximum atomic E-state index is 12.4. The quantitative estimate of drug-likeness (QED) is 0.806. The Morgan fingerprint density at radius 3 is 2.18 bits per heavy atom. The highest BCUT2D eigenvalue weighted by Gasteiger charge is 2.22. The molecule has 2 aromatic rings. The Morgan fingerprint density at radius 2 is 1.54 bits per heavy atom. The Hall–Kier alpha value is -3.06. The highest BCUT2D eigenvalue weighted by atomic mass is 16.5. The Kier molecular flexibility index (Phi) is 6.86. The lowest BCUT2D eigenvalue weighted by atomic mass is 10.3. The van der Waals surface area contributed by atoms with Crippen molar-refractivity contribution in [3.05, 3.63) is 54.6 Å². The van der Waals surface area contributed by atoms with Gasteiger partial charge in [0.1, 0.15) is 5.75 Å². The Balaban J connectivity index is 1.41. The molecular weight excluding hydrogens is 356 g/mol. The normalized spacial score (nSPS) is 14.4. The zero-order valence-corrected chi connectivity index (χ0v) is 16.1. The lowest BCUT2D eigenvalue weighted by Crippen LogP contribution is -2.51. The fourth-order valence-electron chi connectivity index (χ4n) is 3.04. The third-order valence-corrected chi connectivity index (χ3v) is 4.50. The molecule has 7 heteroatoms. The lowest BCUT2D eigenvalue weighted by molar-refractivity contribution is -0.117. The van der Waals surface area contributed by atoms with E-state index in [4.69, 9.17) is 4.74 Å². The summed E-state index contributed by atoms with van der Waals surface area (Å²) in [5, 5.41) is 5.79. The van der Waals surface area contributed by atoms with Gasteiger partial charge in [-0.3, -0.25) is 9.69 Å². The Morgan fingerprint density at radius 1 is 0.893 bits per heavy atom. The molecule has 1 fully saturated rings. The number of piperazine rings is 1. The smallest absolute Gasteiger partial charge is 0.321 e. The molecule has 7 nitrogen and oxygen atoms in total. The van der Waals surface area contributed by atoms with Crippen molar-refractivity contribution in [2.45, 2.75) is 6.92 Å². The number of urea groups is 1. The van der Waals surface area contributed by atoms with Gasteiger partial charge in [-0.1, -0.05) is 18.2 Å². The third kappa shape index (κ3) is 5.72. The number of hydrogen-bond donors (Lipinski definition) is 2. The van der Waals surface area contributed by atoms with Crippen molar-refractivity contribution in [3.8, 4) is 5.75 Å². The predicted octanol–water partition coefficient (Wildman–Crippen LogP) is 2.87. The molecule has 0 saturated carbocycles. The number of amides is 3. The highest BCUT2D eigenvalue weighted by Crippen LogP contribution is 2.16. The summed E-state index contributed by atoms with van der Waals surface area (Å²) in [6, 6.07) is 16.6. The van der Waals surface area contributed by atoms with Crippen LogP contribution in [0.1, 0.15) is 6.92 Å². The van der Waals surface area contributed by atoms with E-state index in [-0.39, 0.29) is 11.9 Å². The molecule has 0 unspecified atom stereocenters. The van der Waals surface area contributed by atoms with Crippen LogP contribution in [0.4, 0.5) is 16.2 Å². The SMILES string of the molecule is CCOc1ccc(NC(=O)N2CCN(CC(=O)Nc3ccccc3)CC2)cc1. The van der Waals surface area contributed by atoms with Crippen LogP contribution in [0, 0.1) is 0 Å². The van der Waals surface area contributed by atoms with Gasteiger partial charge in [0.25, 0.3) is 0 Å². The topological polar surface area (TPSA) is 73.9 Å². The van der Waals surface area contributed by atoms with E-state index in [1.54, 1.807) is 4.90 Å². The van der Waals surface area contributed by atoms with Crippen molar-refractivity contribution < 1.29 is 14.3 Å². The van der Waals surface area contributed by atoms with Crippen molar-refractivity contribution in [2.75, 3.05) is 50.0 Å². The van der Waals surface area contributed by atoms with Gasteiger partial charge < -0.3 is 20.3 Å². The van der Waals surface area contributed by atoms with Crippen molar-refractivity contribution in [2.24, 2.45) is 0 Å². The Bertz CT molecular complexity index is 772. The zero-order chi connectivity index (χ0) is 19.8. The second kappa shape index (κ2) is 9.75. The van der Waals surface area contributed by atoms with Crippen LogP contribution in [0.5, 0.6) is 5.75 Å². The number of ether oxygens (including phenoxy) is 1. The molecule has 2 aromatic carbocycles. The first-order valence-electron chi connectivity index (χ1n) is 9.50. The maximum absolute atomic E-state index is 12.4. The summed E-state index contributed by atoms with van der Waals surface area (Å²) < 4.78 is 5.40. The molecule has 28 heavy (non-hydrogen) atoms. The largest absolute Gasteiger partial charge is 0.494 e. The molecule has 0 aromatic heterocycles. The van der Waals surface area contributed by atoms with E-state index >= 15 is 0 Å². The number of benzene rings is 2. The maximum Gasteiger partial charge on any atom is 0.321 e. The fraction of sp³-hybridized carbons (Fsp3) is 0.333. The third-order valence-electron chi connectivity index (χ3n) is 4.50. The number of rotatable bonds is 6. The zero-order valence-electron chi connectivity index (χ0n) is 16.1. The van der Waals surface area contributed by atoms with E-state index in [2.05, 4.69) is 15.5 Å². The molecular formula is C21H26N4O3. The van der Waals surface area contributed by atoms with Gasteiger partial charge in [0.2, 0.25) is 5.91 Å².